The van der Waals surface area contributed by atoms with Gasteiger partial charge in [0.25, 0.3) is 11.8 Å². The van der Waals surface area contributed by atoms with Gasteiger partial charge in [-0.3, -0.25) is 14.9 Å². The molecule has 1 saturated carbocycles. The first-order valence-electron chi connectivity index (χ1n) is 13.9. The molecule has 2 aromatic heterocycles. The number of hydrogen-bond donors (Lipinski definition) is 4. The van der Waals surface area contributed by atoms with E-state index >= 15 is 0 Å². The van der Waals surface area contributed by atoms with Gasteiger partial charge in [-0.1, -0.05) is 54.9 Å². The van der Waals surface area contributed by atoms with Crippen molar-refractivity contribution in [3.8, 4) is 0 Å². The number of fused-ring (bicyclic) bond motifs is 10. The molecule has 4 N–H and O–H groups in total. The summed E-state index contributed by atoms with van der Waals surface area (Å²) in [5.41, 5.74) is 3.78. The lowest BCUT2D eigenvalue weighted by Gasteiger charge is -2.39. The molecule has 0 unspecified atom stereocenters. The maximum atomic E-state index is 13.4. The van der Waals surface area contributed by atoms with E-state index in [1.165, 1.54) is 0 Å². The molecule has 41 heavy (non-hydrogen) atoms. The van der Waals surface area contributed by atoms with Gasteiger partial charge in [0.1, 0.15) is 12.2 Å². The fourth-order valence-electron chi connectivity index (χ4n) is 6.54. The summed E-state index contributed by atoms with van der Waals surface area (Å²) in [5.74, 6) is -0.857. The fourth-order valence-corrected chi connectivity index (χ4v) is 8.24. The van der Waals surface area contributed by atoms with Crippen LogP contribution in [0.5, 0.6) is 0 Å². The maximum Gasteiger partial charge on any atom is 0.259 e. The molecular weight excluding hydrogens is 602 g/mol. The second kappa shape index (κ2) is 8.75. The van der Waals surface area contributed by atoms with E-state index in [1.54, 1.807) is 0 Å². The monoisotopic (exact) mass is 633 g/mol. The van der Waals surface area contributed by atoms with Crippen molar-refractivity contribution >= 4 is 79.7 Å². The standard InChI is InChI=1S/C31H32BrN3O5Si/c1-31(2,3)41(4,5)40-20-13-19(27(36)28(20)37)35-18-9-7-6-8-15(18)22-24-23(29(38)34-30(24)39)21-16-12-14(32)10-11-17(16)33-25(21)26(22)35/h6-12,19-20,27-28,33,36-37H,13H2,1-5H3,(H,34,38,39)/t19-,20+,27+,28-/m1/s1. The van der Waals surface area contributed by atoms with E-state index in [9.17, 15) is 19.8 Å². The third-order valence-electron chi connectivity index (χ3n) is 9.52. The highest BCUT2D eigenvalue weighted by atomic mass is 79.9. The van der Waals surface area contributed by atoms with E-state index in [0.717, 1.165) is 31.8 Å². The Labute approximate surface area is 245 Å². The summed E-state index contributed by atoms with van der Waals surface area (Å²) in [6.07, 6.45) is -2.31. The van der Waals surface area contributed by atoms with Crippen LogP contribution in [-0.2, 0) is 4.43 Å². The van der Waals surface area contributed by atoms with E-state index < -0.39 is 44.5 Å². The quantitative estimate of drug-likeness (QED) is 0.141. The predicted octanol–water partition coefficient (Wildman–Crippen LogP) is 6.13. The molecule has 3 heterocycles. The van der Waals surface area contributed by atoms with Gasteiger partial charge in [-0.15, -0.1) is 0 Å². The number of carbonyl (C=O) groups is 2. The molecule has 5 aromatic rings. The molecule has 1 fully saturated rings. The largest absolute Gasteiger partial charge is 0.411 e. The van der Waals surface area contributed by atoms with Gasteiger partial charge >= 0.3 is 0 Å². The number of benzene rings is 3. The Morgan fingerprint density at radius 3 is 2.37 bits per heavy atom. The van der Waals surface area contributed by atoms with Crippen LogP contribution >= 0.6 is 15.9 Å². The Kier molecular flexibility index (Phi) is 5.73. The summed E-state index contributed by atoms with van der Waals surface area (Å²) in [5, 5.41) is 28.3. The number of aromatic nitrogens is 2. The van der Waals surface area contributed by atoms with Crippen molar-refractivity contribution in [3.63, 3.8) is 0 Å². The number of carbonyl (C=O) groups excluding carboxylic acids is 2. The highest BCUT2D eigenvalue weighted by molar-refractivity contribution is 9.10. The second-order valence-electron chi connectivity index (χ2n) is 12.9. The number of hydrogen-bond acceptors (Lipinski definition) is 5. The Bertz CT molecular complexity index is 1950. The first-order chi connectivity index (χ1) is 19.3. The molecule has 0 radical (unpaired) electrons. The summed E-state index contributed by atoms with van der Waals surface area (Å²) in [7, 11) is -2.25. The molecule has 0 bridgehead atoms. The first kappa shape index (κ1) is 26.8. The lowest BCUT2D eigenvalue weighted by Crippen LogP contribution is -2.46. The van der Waals surface area contributed by atoms with Gasteiger partial charge < -0.3 is 24.2 Å². The number of imide groups is 1. The van der Waals surface area contributed by atoms with Crippen LogP contribution in [0.15, 0.2) is 46.9 Å². The van der Waals surface area contributed by atoms with Gasteiger partial charge in [0.15, 0.2) is 8.32 Å². The van der Waals surface area contributed by atoms with Crippen molar-refractivity contribution in [1.82, 2.24) is 14.9 Å². The Morgan fingerprint density at radius 2 is 1.66 bits per heavy atom. The Hall–Kier alpha value is -3.02. The second-order valence-corrected chi connectivity index (χ2v) is 18.6. The number of rotatable bonds is 3. The van der Waals surface area contributed by atoms with Gasteiger partial charge in [-0.05, 0) is 48.8 Å². The lowest BCUT2D eigenvalue weighted by molar-refractivity contribution is -0.0199. The topological polar surface area (TPSA) is 117 Å². The van der Waals surface area contributed by atoms with Crippen LogP contribution in [0.25, 0.3) is 43.6 Å². The molecule has 4 atom stereocenters. The van der Waals surface area contributed by atoms with Crippen LogP contribution < -0.4 is 5.32 Å². The number of nitrogens with zero attached hydrogens (tertiary/aromatic N) is 1. The minimum Gasteiger partial charge on any atom is -0.411 e. The highest BCUT2D eigenvalue weighted by Crippen LogP contribution is 2.48. The number of aliphatic hydroxyl groups excluding tert-OH is 2. The number of para-hydroxylation sites is 1. The van der Waals surface area contributed by atoms with Gasteiger partial charge in [0.2, 0.25) is 0 Å². The maximum absolute atomic E-state index is 13.4. The predicted molar refractivity (Wildman–Crippen MR) is 166 cm³/mol. The van der Waals surface area contributed by atoms with Crippen molar-refractivity contribution in [2.45, 2.75) is 69.7 Å². The number of nitrogens with one attached hydrogen (secondary N) is 2. The van der Waals surface area contributed by atoms with Crippen LogP contribution in [0.3, 0.4) is 0 Å². The molecule has 0 spiro atoms. The first-order valence-corrected chi connectivity index (χ1v) is 17.6. The zero-order valence-corrected chi connectivity index (χ0v) is 26.1. The molecule has 2 amide bonds. The number of aliphatic hydroxyl groups is 2. The molecule has 0 saturated heterocycles. The highest BCUT2D eigenvalue weighted by Gasteiger charge is 2.49. The van der Waals surface area contributed by atoms with Crippen molar-refractivity contribution < 1.29 is 24.2 Å². The van der Waals surface area contributed by atoms with Gasteiger partial charge in [0, 0.05) is 37.1 Å². The Balaban J connectivity index is 1.56. The average molecular weight is 635 g/mol. The van der Waals surface area contributed by atoms with Crippen molar-refractivity contribution in [1.29, 1.82) is 0 Å². The van der Waals surface area contributed by atoms with Gasteiger partial charge in [-0.2, -0.15) is 0 Å². The molecule has 7 rings (SSSR count). The Morgan fingerprint density at radius 1 is 0.976 bits per heavy atom. The van der Waals surface area contributed by atoms with Crippen molar-refractivity contribution in [3.05, 3.63) is 58.1 Å². The van der Waals surface area contributed by atoms with E-state index in [2.05, 4.69) is 64.7 Å². The van der Waals surface area contributed by atoms with Gasteiger partial charge in [0.05, 0.1) is 34.3 Å². The number of aromatic amines is 1. The molecule has 10 heteroatoms. The van der Waals surface area contributed by atoms with Crippen LogP contribution in [0, 0.1) is 0 Å². The zero-order chi connectivity index (χ0) is 29.2. The summed E-state index contributed by atoms with van der Waals surface area (Å²) >= 11 is 3.56. The third-order valence-corrected chi connectivity index (χ3v) is 14.5. The molecular formula is C31H32BrN3O5Si. The van der Waals surface area contributed by atoms with Crippen LogP contribution in [0.2, 0.25) is 18.1 Å². The minimum atomic E-state index is -2.25. The van der Waals surface area contributed by atoms with Crippen LogP contribution in [0.1, 0.15) is 53.9 Å². The van der Waals surface area contributed by atoms with Gasteiger partial charge in [-0.25, -0.2) is 0 Å². The van der Waals surface area contributed by atoms with Crippen molar-refractivity contribution in [2.24, 2.45) is 0 Å². The summed E-state index contributed by atoms with van der Waals surface area (Å²) < 4.78 is 9.55. The van der Waals surface area contributed by atoms with E-state index in [0.29, 0.717) is 33.8 Å². The normalized spacial score (nSPS) is 23.4. The molecule has 1 aliphatic heterocycles. The van der Waals surface area contributed by atoms with E-state index in [-0.39, 0.29) is 5.04 Å². The van der Waals surface area contributed by atoms with Crippen LogP contribution in [0.4, 0.5) is 0 Å². The number of halogens is 1. The van der Waals surface area contributed by atoms with Crippen LogP contribution in [-0.4, -0.2) is 58.2 Å². The number of amides is 2. The minimum absolute atomic E-state index is 0.0617. The molecule has 8 nitrogen and oxygen atoms in total. The van der Waals surface area contributed by atoms with Crippen molar-refractivity contribution in [2.75, 3.05) is 0 Å². The number of H-pyrrole nitrogens is 1. The fraction of sp³-hybridized carbons (Fsp3) is 0.355. The third kappa shape index (κ3) is 3.67. The summed E-state index contributed by atoms with van der Waals surface area (Å²) in [4.78, 5) is 30.2. The van der Waals surface area contributed by atoms with E-state index in [4.69, 9.17) is 4.43 Å². The molecule has 2 aliphatic rings. The average Bonchev–Trinajstić information content (AvgIpc) is 3.59. The molecule has 3 aromatic carbocycles. The molecule has 212 valence electrons. The summed E-state index contributed by atoms with van der Waals surface area (Å²) in [6, 6.07) is 13.0. The smallest absolute Gasteiger partial charge is 0.259 e. The van der Waals surface area contributed by atoms with E-state index in [1.807, 2.05) is 42.5 Å². The zero-order valence-electron chi connectivity index (χ0n) is 23.5. The molecule has 1 aliphatic carbocycles. The SMILES string of the molecule is CC(C)(C)[Si](C)(C)O[C@H]1C[C@@H](n2c3ccccc3c3c4c(c5c6cc(Br)ccc6[nH]c5c32)C(=O)NC4=O)[C@H](O)[C@@H]1O. The summed E-state index contributed by atoms with van der Waals surface area (Å²) in [6.45, 7) is 10.7. The lowest BCUT2D eigenvalue weighted by atomic mass is 9.96.